The van der Waals surface area contributed by atoms with Gasteiger partial charge in [0.15, 0.2) is 0 Å². The van der Waals surface area contributed by atoms with Crippen LogP contribution in [0.4, 0.5) is 0 Å². The maximum Gasteiger partial charge on any atom is 0.119 e. The third-order valence-electron chi connectivity index (χ3n) is 3.37. The highest BCUT2D eigenvalue weighted by Crippen LogP contribution is 2.22. The zero-order valence-corrected chi connectivity index (χ0v) is 10.9. The van der Waals surface area contributed by atoms with Gasteiger partial charge in [0.2, 0.25) is 0 Å². The molecule has 0 aliphatic carbocycles. The van der Waals surface area contributed by atoms with Crippen LogP contribution in [-0.2, 0) is 13.0 Å². The van der Waals surface area contributed by atoms with Crippen molar-refractivity contribution in [2.75, 3.05) is 7.11 Å². The van der Waals surface area contributed by atoms with Gasteiger partial charge in [-0.05, 0) is 48.4 Å². The van der Waals surface area contributed by atoms with Crippen LogP contribution in [0.1, 0.15) is 5.56 Å². The Hall–Kier alpha value is -2.29. The average Bonchev–Trinajstić information content (AvgIpc) is 2.88. The first kappa shape index (κ1) is 11.8. The van der Waals surface area contributed by atoms with Crippen LogP contribution in [0.5, 0.6) is 5.75 Å². The molecule has 2 aromatic heterocycles. The summed E-state index contributed by atoms with van der Waals surface area (Å²) in [6.07, 6.45) is 6.82. The van der Waals surface area contributed by atoms with Crippen LogP contribution in [0, 0.1) is 0 Å². The highest BCUT2D eigenvalue weighted by atomic mass is 16.5. The second kappa shape index (κ2) is 5.14. The molecule has 0 atom stereocenters. The fourth-order valence-electron chi connectivity index (χ4n) is 2.30. The zero-order valence-electron chi connectivity index (χ0n) is 10.9. The largest absolute Gasteiger partial charge is 0.497 e. The number of benzene rings is 1. The molecule has 3 aromatic rings. The number of aromatic nitrogens is 2. The van der Waals surface area contributed by atoms with E-state index in [1.807, 2.05) is 18.5 Å². The Morgan fingerprint density at radius 2 is 1.95 bits per heavy atom. The molecule has 2 heterocycles. The van der Waals surface area contributed by atoms with Gasteiger partial charge in [-0.15, -0.1) is 0 Å². The smallest absolute Gasteiger partial charge is 0.119 e. The third kappa shape index (κ3) is 2.45. The predicted molar refractivity (Wildman–Crippen MR) is 76.4 cm³/mol. The Morgan fingerprint density at radius 3 is 2.74 bits per heavy atom. The fraction of sp³-hybridized carbons (Fsp3) is 0.188. The summed E-state index contributed by atoms with van der Waals surface area (Å²) in [7, 11) is 1.70. The van der Waals surface area contributed by atoms with E-state index in [1.54, 1.807) is 7.11 Å². The summed E-state index contributed by atoms with van der Waals surface area (Å²) in [6, 6.07) is 12.4. The standard InChI is InChI=1S/C16H16N2O/c1-19-15-2-3-16-14(12-15)7-11-18(16)10-6-13-4-8-17-9-5-13/h2-5,7-9,11-12H,6,10H2,1H3. The molecule has 0 amide bonds. The minimum atomic E-state index is 0.902. The van der Waals surface area contributed by atoms with Crippen molar-refractivity contribution < 1.29 is 4.74 Å². The molecule has 0 spiro atoms. The minimum absolute atomic E-state index is 0.902. The lowest BCUT2D eigenvalue weighted by molar-refractivity contribution is 0.415. The Kier molecular flexibility index (Phi) is 3.19. The third-order valence-corrected chi connectivity index (χ3v) is 3.37. The summed E-state index contributed by atoms with van der Waals surface area (Å²) < 4.78 is 7.52. The Balaban J connectivity index is 1.82. The summed E-state index contributed by atoms with van der Waals surface area (Å²) in [6.45, 7) is 0.972. The van der Waals surface area contributed by atoms with Crippen LogP contribution in [0.2, 0.25) is 0 Å². The molecule has 0 saturated heterocycles. The van der Waals surface area contributed by atoms with E-state index in [0.717, 1.165) is 18.7 Å². The molecule has 0 bridgehead atoms. The van der Waals surface area contributed by atoms with Crippen molar-refractivity contribution in [3.63, 3.8) is 0 Å². The van der Waals surface area contributed by atoms with Crippen LogP contribution >= 0.6 is 0 Å². The van der Waals surface area contributed by atoms with Crippen LogP contribution in [0.3, 0.4) is 0 Å². The van der Waals surface area contributed by atoms with E-state index in [0.29, 0.717) is 0 Å². The molecular formula is C16H16N2O. The molecule has 3 rings (SSSR count). The van der Waals surface area contributed by atoms with Crippen molar-refractivity contribution in [2.24, 2.45) is 0 Å². The number of nitrogens with zero attached hydrogens (tertiary/aromatic N) is 2. The lowest BCUT2D eigenvalue weighted by Crippen LogP contribution is -1.99. The monoisotopic (exact) mass is 252 g/mol. The number of fused-ring (bicyclic) bond motifs is 1. The SMILES string of the molecule is COc1ccc2c(ccn2CCc2ccncc2)c1. The Labute approximate surface area is 112 Å². The molecule has 0 aliphatic heterocycles. The number of ether oxygens (including phenoxy) is 1. The highest BCUT2D eigenvalue weighted by Gasteiger charge is 2.02. The number of aryl methyl sites for hydroxylation is 2. The van der Waals surface area contributed by atoms with Gasteiger partial charge in [-0.2, -0.15) is 0 Å². The van der Waals surface area contributed by atoms with Crippen LogP contribution in [0.25, 0.3) is 10.9 Å². The summed E-state index contributed by atoms with van der Waals surface area (Å²) in [5.41, 5.74) is 2.56. The average molecular weight is 252 g/mol. The van der Waals surface area contributed by atoms with Gasteiger partial charge in [-0.3, -0.25) is 4.98 Å². The minimum Gasteiger partial charge on any atom is -0.497 e. The zero-order chi connectivity index (χ0) is 13.1. The van der Waals surface area contributed by atoms with Gasteiger partial charge < -0.3 is 9.30 Å². The van der Waals surface area contributed by atoms with Crippen LogP contribution in [0.15, 0.2) is 55.0 Å². The molecule has 0 N–H and O–H groups in total. The van der Waals surface area contributed by atoms with Gasteiger partial charge in [0.1, 0.15) is 5.75 Å². The highest BCUT2D eigenvalue weighted by molar-refractivity contribution is 5.81. The number of rotatable bonds is 4. The first-order valence-electron chi connectivity index (χ1n) is 6.38. The van der Waals surface area contributed by atoms with E-state index in [9.17, 15) is 0 Å². The van der Waals surface area contributed by atoms with E-state index >= 15 is 0 Å². The summed E-state index contributed by atoms with van der Waals surface area (Å²) in [5.74, 6) is 0.902. The summed E-state index contributed by atoms with van der Waals surface area (Å²) in [4.78, 5) is 4.04. The lowest BCUT2D eigenvalue weighted by atomic mass is 10.2. The van der Waals surface area contributed by atoms with Gasteiger partial charge in [0.05, 0.1) is 7.11 Å². The molecule has 0 saturated carbocycles. The van der Waals surface area contributed by atoms with Crippen molar-refractivity contribution in [1.82, 2.24) is 9.55 Å². The van der Waals surface area contributed by atoms with E-state index in [4.69, 9.17) is 4.74 Å². The van der Waals surface area contributed by atoms with E-state index in [2.05, 4.69) is 46.1 Å². The second-order valence-corrected chi connectivity index (χ2v) is 4.54. The molecule has 0 radical (unpaired) electrons. The first-order chi connectivity index (χ1) is 9.36. The fourth-order valence-corrected chi connectivity index (χ4v) is 2.30. The van der Waals surface area contributed by atoms with E-state index < -0.39 is 0 Å². The van der Waals surface area contributed by atoms with Crippen molar-refractivity contribution in [1.29, 1.82) is 0 Å². The predicted octanol–water partition coefficient (Wildman–Crippen LogP) is 3.29. The lowest BCUT2D eigenvalue weighted by Gasteiger charge is -2.06. The number of pyridine rings is 1. The maximum absolute atomic E-state index is 5.24. The molecule has 1 aromatic carbocycles. The number of hydrogen-bond acceptors (Lipinski definition) is 2. The first-order valence-corrected chi connectivity index (χ1v) is 6.38. The van der Waals surface area contributed by atoms with Gasteiger partial charge >= 0.3 is 0 Å². The van der Waals surface area contributed by atoms with E-state index in [1.165, 1.54) is 16.5 Å². The second-order valence-electron chi connectivity index (χ2n) is 4.54. The van der Waals surface area contributed by atoms with Crippen molar-refractivity contribution in [3.8, 4) is 5.75 Å². The summed E-state index contributed by atoms with van der Waals surface area (Å²) >= 11 is 0. The van der Waals surface area contributed by atoms with Gasteiger partial charge in [0.25, 0.3) is 0 Å². The van der Waals surface area contributed by atoms with Crippen LogP contribution < -0.4 is 4.74 Å². The molecule has 0 fully saturated rings. The normalized spacial score (nSPS) is 10.8. The topological polar surface area (TPSA) is 27.1 Å². The molecule has 3 heteroatoms. The van der Waals surface area contributed by atoms with E-state index in [-0.39, 0.29) is 0 Å². The molecule has 96 valence electrons. The Morgan fingerprint density at radius 1 is 1.11 bits per heavy atom. The molecule has 0 aliphatic rings. The van der Waals surface area contributed by atoms with Gasteiger partial charge in [0, 0.05) is 36.0 Å². The Bertz CT molecular complexity index is 674. The quantitative estimate of drug-likeness (QED) is 0.712. The summed E-state index contributed by atoms with van der Waals surface area (Å²) in [5, 5.41) is 1.22. The molecule has 3 nitrogen and oxygen atoms in total. The molecule has 19 heavy (non-hydrogen) atoms. The van der Waals surface area contributed by atoms with Crippen molar-refractivity contribution in [2.45, 2.75) is 13.0 Å². The van der Waals surface area contributed by atoms with Crippen molar-refractivity contribution >= 4 is 10.9 Å². The van der Waals surface area contributed by atoms with Gasteiger partial charge in [-0.1, -0.05) is 0 Å². The number of hydrogen-bond donors (Lipinski definition) is 0. The molecular weight excluding hydrogens is 236 g/mol. The van der Waals surface area contributed by atoms with Crippen molar-refractivity contribution in [3.05, 3.63) is 60.6 Å². The van der Waals surface area contributed by atoms with Gasteiger partial charge in [-0.25, -0.2) is 0 Å². The van der Waals surface area contributed by atoms with Crippen LogP contribution in [-0.4, -0.2) is 16.7 Å². The number of methoxy groups -OCH3 is 1. The maximum atomic E-state index is 5.24. The molecule has 0 unspecified atom stereocenters.